The second kappa shape index (κ2) is 11.7. The molecule has 33 heavy (non-hydrogen) atoms. The minimum absolute atomic E-state index is 0.143. The van der Waals surface area contributed by atoms with E-state index in [9.17, 15) is 14.4 Å². The summed E-state index contributed by atoms with van der Waals surface area (Å²) in [5.74, 6) is -1.13. The smallest absolute Gasteiger partial charge is 0.350 e. The van der Waals surface area contributed by atoms with Gasteiger partial charge in [0.15, 0.2) is 5.13 Å². The zero-order valence-electron chi connectivity index (χ0n) is 18.2. The Balaban J connectivity index is 1.76. The van der Waals surface area contributed by atoms with Gasteiger partial charge < -0.3 is 21.1 Å². The van der Waals surface area contributed by atoms with Gasteiger partial charge in [0, 0.05) is 5.69 Å². The minimum atomic E-state index is -0.815. The van der Waals surface area contributed by atoms with Crippen LogP contribution in [0.25, 0.3) is 0 Å². The molecule has 178 valence electrons. The van der Waals surface area contributed by atoms with Crippen molar-refractivity contribution in [3.05, 3.63) is 38.8 Å². The number of nitrogens with two attached hydrogens (primary N) is 1. The van der Waals surface area contributed by atoms with Crippen molar-refractivity contribution in [3.63, 3.8) is 0 Å². The fourth-order valence-corrected chi connectivity index (χ4v) is 4.85. The van der Waals surface area contributed by atoms with Gasteiger partial charge in [-0.25, -0.2) is 9.78 Å². The summed E-state index contributed by atoms with van der Waals surface area (Å²) >= 11 is 13.0. The number of thiazole rings is 1. The van der Waals surface area contributed by atoms with Gasteiger partial charge in [0.1, 0.15) is 10.9 Å². The highest BCUT2D eigenvalue weighted by atomic mass is 35.5. The molecule has 3 rings (SSSR count). The van der Waals surface area contributed by atoms with E-state index in [2.05, 4.69) is 15.6 Å². The highest BCUT2D eigenvalue weighted by Crippen LogP contribution is 2.30. The van der Waals surface area contributed by atoms with Crippen LogP contribution >= 0.6 is 34.5 Å². The molecule has 1 saturated carbocycles. The van der Waals surface area contributed by atoms with E-state index in [1.54, 1.807) is 6.92 Å². The van der Waals surface area contributed by atoms with E-state index in [0.29, 0.717) is 12.3 Å². The number of esters is 1. The predicted octanol–water partition coefficient (Wildman–Crippen LogP) is 4.92. The number of hydrogen-bond acceptors (Lipinski definition) is 7. The summed E-state index contributed by atoms with van der Waals surface area (Å²) < 4.78 is 4.95. The molecule has 1 aliphatic rings. The van der Waals surface area contributed by atoms with Crippen molar-refractivity contribution in [2.75, 3.05) is 17.7 Å². The van der Waals surface area contributed by atoms with Crippen molar-refractivity contribution < 1.29 is 19.1 Å². The zero-order chi connectivity index (χ0) is 24.0. The van der Waals surface area contributed by atoms with Crippen molar-refractivity contribution in [1.82, 2.24) is 10.3 Å². The Morgan fingerprint density at radius 2 is 1.91 bits per heavy atom. The van der Waals surface area contributed by atoms with Crippen LogP contribution in [0.1, 0.15) is 65.5 Å². The Hall–Kier alpha value is -2.36. The minimum Gasteiger partial charge on any atom is -0.462 e. The summed E-state index contributed by atoms with van der Waals surface area (Å²) in [5, 5.41) is 6.18. The molecule has 1 aromatic heterocycles. The lowest BCUT2D eigenvalue weighted by Crippen LogP contribution is -2.45. The van der Waals surface area contributed by atoms with Crippen LogP contribution in [-0.4, -0.2) is 35.4 Å². The number of anilines is 2. The van der Waals surface area contributed by atoms with E-state index in [0.717, 1.165) is 37.0 Å². The number of carbonyl (C=O) groups excluding carboxylic acids is 3. The first-order valence-corrected chi connectivity index (χ1v) is 12.3. The molecule has 2 amide bonds. The lowest BCUT2D eigenvalue weighted by molar-refractivity contribution is -0.118. The van der Waals surface area contributed by atoms with Gasteiger partial charge in [0.25, 0.3) is 5.91 Å². The monoisotopic (exact) mass is 512 g/mol. The van der Waals surface area contributed by atoms with E-state index in [-0.39, 0.29) is 37.9 Å². The zero-order valence-corrected chi connectivity index (χ0v) is 20.5. The summed E-state index contributed by atoms with van der Waals surface area (Å²) in [5.41, 5.74) is 6.26. The van der Waals surface area contributed by atoms with Crippen LogP contribution in [0.4, 0.5) is 10.8 Å². The Labute approximate surface area is 206 Å². The number of aromatic nitrogens is 1. The molecule has 0 bridgehead atoms. The maximum Gasteiger partial charge on any atom is 0.350 e. The molecule has 0 saturated heterocycles. The van der Waals surface area contributed by atoms with Crippen LogP contribution in [0.3, 0.4) is 0 Å². The topological polar surface area (TPSA) is 123 Å². The van der Waals surface area contributed by atoms with E-state index in [4.69, 9.17) is 33.7 Å². The van der Waals surface area contributed by atoms with E-state index in [1.165, 1.54) is 24.8 Å². The van der Waals surface area contributed by atoms with Crippen molar-refractivity contribution in [1.29, 1.82) is 0 Å². The lowest BCUT2D eigenvalue weighted by Gasteiger charge is -2.26. The summed E-state index contributed by atoms with van der Waals surface area (Å²) in [6.07, 6.45) is 7.20. The van der Waals surface area contributed by atoms with Crippen LogP contribution in [0.15, 0.2) is 18.3 Å². The van der Waals surface area contributed by atoms with Crippen molar-refractivity contribution in [2.24, 2.45) is 5.92 Å². The molecule has 1 atom stereocenters. The molecule has 1 heterocycles. The van der Waals surface area contributed by atoms with Gasteiger partial charge in [-0.2, -0.15) is 0 Å². The molecule has 8 nitrogen and oxygen atoms in total. The fourth-order valence-electron chi connectivity index (χ4n) is 3.80. The second-order valence-electron chi connectivity index (χ2n) is 7.86. The molecule has 0 unspecified atom stereocenters. The molecule has 2 aromatic rings. The summed E-state index contributed by atoms with van der Waals surface area (Å²) in [7, 11) is 0. The molecule has 1 fully saturated rings. The highest BCUT2D eigenvalue weighted by molar-refractivity contribution is 7.17. The van der Waals surface area contributed by atoms with Gasteiger partial charge in [-0.05, 0) is 31.4 Å². The van der Waals surface area contributed by atoms with Gasteiger partial charge in [-0.15, -0.1) is 0 Å². The first-order valence-electron chi connectivity index (χ1n) is 10.8. The molecule has 1 aliphatic carbocycles. The van der Waals surface area contributed by atoms with Crippen molar-refractivity contribution >= 4 is 63.1 Å². The third kappa shape index (κ3) is 6.82. The number of halogens is 2. The largest absolute Gasteiger partial charge is 0.462 e. The molecular weight excluding hydrogens is 487 g/mol. The average Bonchev–Trinajstić information content (AvgIpc) is 3.25. The summed E-state index contributed by atoms with van der Waals surface area (Å²) in [6, 6.07) is 1.97. The average molecular weight is 513 g/mol. The number of ether oxygens (including phenoxy) is 1. The van der Waals surface area contributed by atoms with Gasteiger partial charge >= 0.3 is 5.97 Å². The van der Waals surface area contributed by atoms with Crippen LogP contribution in [0, 0.1) is 5.92 Å². The molecule has 0 aliphatic heterocycles. The maximum atomic E-state index is 13.1. The number of hydrogen-bond donors (Lipinski definition) is 3. The fraction of sp³-hybridized carbons (Fsp3) is 0.455. The molecule has 0 spiro atoms. The van der Waals surface area contributed by atoms with Gasteiger partial charge in [0.05, 0.1) is 28.4 Å². The maximum absolute atomic E-state index is 13.1. The third-order valence-corrected chi connectivity index (χ3v) is 7.08. The summed E-state index contributed by atoms with van der Waals surface area (Å²) in [6.45, 7) is 1.95. The number of nitrogens with one attached hydrogen (secondary N) is 2. The first kappa shape index (κ1) is 25.3. The van der Waals surface area contributed by atoms with Gasteiger partial charge in [0.2, 0.25) is 5.91 Å². The van der Waals surface area contributed by atoms with Crippen LogP contribution in [0.5, 0.6) is 0 Å². The second-order valence-corrected chi connectivity index (χ2v) is 9.70. The number of nitrogen functional groups attached to an aromatic ring is 1. The lowest BCUT2D eigenvalue weighted by atomic mass is 9.84. The number of rotatable bonds is 8. The Morgan fingerprint density at radius 3 is 2.61 bits per heavy atom. The number of nitrogens with zero attached hydrogens (tertiary/aromatic N) is 1. The van der Waals surface area contributed by atoms with Crippen LogP contribution in [0.2, 0.25) is 10.0 Å². The highest BCUT2D eigenvalue weighted by Gasteiger charge is 2.28. The van der Waals surface area contributed by atoms with E-state index < -0.39 is 23.8 Å². The van der Waals surface area contributed by atoms with Crippen molar-refractivity contribution in [3.8, 4) is 0 Å². The molecule has 0 radical (unpaired) electrons. The van der Waals surface area contributed by atoms with Gasteiger partial charge in [-0.3, -0.25) is 9.59 Å². The number of carbonyl (C=O) groups is 3. The van der Waals surface area contributed by atoms with Crippen LogP contribution in [-0.2, 0) is 9.53 Å². The first-order chi connectivity index (χ1) is 15.8. The molecular formula is C22H26Cl2N4O4S. The normalized spacial score (nSPS) is 15.0. The van der Waals surface area contributed by atoms with Crippen molar-refractivity contribution in [2.45, 2.75) is 51.5 Å². The third-order valence-electron chi connectivity index (χ3n) is 5.47. The Morgan fingerprint density at radius 1 is 1.21 bits per heavy atom. The van der Waals surface area contributed by atoms with Gasteiger partial charge in [-0.1, -0.05) is 66.6 Å². The quantitative estimate of drug-likeness (QED) is 0.340. The SMILES string of the molecule is CCOC(=O)c1cnc(NC(=O)[C@H](CC2CCCCC2)NC(=O)c2cc(Cl)c(Cl)cc2N)s1. The number of amides is 2. The molecule has 4 N–H and O–H groups in total. The van der Waals surface area contributed by atoms with E-state index >= 15 is 0 Å². The van der Waals surface area contributed by atoms with Crippen LogP contribution < -0.4 is 16.4 Å². The predicted molar refractivity (Wildman–Crippen MR) is 130 cm³/mol. The molecule has 11 heteroatoms. The Kier molecular flexibility index (Phi) is 8.94. The summed E-state index contributed by atoms with van der Waals surface area (Å²) in [4.78, 5) is 42.3. The number of benzene rings is 1. The molecule has 1 aromatic carbocycles. The van der Waals surface area contributed by atoms with E-state index in [1.807, 2.05) is 0 Å². The standard InChI is InChI=1S/C22H26Cl2N4O4S/c1-2-32-21(31)18-11-26-22(33-18)28-20(30)17(8-12-6-4-3-5-7-12)27-19(29)13-9-14(23)15(24)10-16(13)25/h9-12,17H,2-8,25H2,1H3,(H,27,29)(H,26,28,30)/t17-/m0/s1. The Bertz CT molecular complexity index is 1020.